The number of nitrogens with zero attached hydrogens (tertiary/aromatic N) is 3. The summed E-state index contributed by atoms with van der Waals surface area (Å²) in [5.74, 6) is 1.43. The molecule has 1 saturated heterocycles. The first-order valence-corrected chi connectivity index (χ1v) is 13.9. The summed E-state index contributed by atoms with van der Waals surface area (Å²) in [6.07, 6.45) is 1.91. The molecule has 198 valence electrons. The highest BCUT2D eigenvalue weighted by Crippen LogP contribution is 2.44. The minimum absolute atomic E-state index is 0.0174. The molecule has 2 fully saturated rings. The van der Waals surface area contributed by atoms with Gasteiger partial charge in [-0.3, -0.25) is 14.8 Å². The van der Waals surface area contributed by atoms with Crippen molar-refractivity contribution in [3.05, 3.63) is 65.9 Å². The normalized spacial score (nSPS) is 21.6. The maximum atomic E-state index is 12.3. The van der Waals surface area contributed by atoms with Crippen LogP contribution < -0.4 is 20.1 Å². The predicted octanol–water partition coefficient (Wildman–Crippen LogP) is 3.35. The van der Waals surface area contributed by atoms with Crippen molar-refractivity contribution in [2.45, 2.75) is 18.4 Å². The van der Waals surface area contributed by atoms with Crippen molar-refractivity contribution in [2.75, 3.05) is 40.0 Å². The third-order valence-corrected chi connectivity index (χ3v) is 8.21. The molecule has 38 heavy (non-hydrogen) atoms. The molecule has 1 saturated carbocycles. The van der Waals surface area contributed by atoms with Crippen LogP contribution in [0.2, 0.25) is 0 Å². The van der Waals surface area contributed by atoms with Gasteiger partial charge in [0.15, 0.2) is 16.7 Å². The van der Waals surface area contributed by atoms with E-state index in [2.05, 4.69) is 33.1 Å². The molecule has 9 nitrogen and oxygen atoms in total. The molecule has 10 heteroatoms. The van der Waals surface area contributed by atoms with Crippen LogP contribution in [-0.2, 0) is 4.79 Å². The summed E-state index contributed by atoms with van der Waals surface area (Å²) < 4.78 is 11.1. The number of fused-ring (bicyclic) bond motifs is 1. The highest BCUT2D eigenvalue weighted by atomic mass is 32.2. The van der Waals surface area contributed by atoms with Crippen molar-refractivity contribution >= 4 is 43.9 Å². The van der Waals surface area contributed by atoms with Crippen LogP contribution in [0.25, 0.3) is 10.9 Å². The number of benzene rings is 2. The lowest BCUT2D eigenvalue weighted by molar-refractivity contribution is -0.116. The number of pyridine rings is 1. The SMILES string of the molecule is COc1c(OC(=O)NCCN(C)C)cnc2ccc(/C=S3/CC(=O)NC3=N[C@@H]3C[C@H]3c3ccccc3)cc12. The van der Waals surface area contributed by atoms with Crippen LogP contribution in [0, 0.1) is 0 Å². The van der Waals surface area contributed by atoms with E-state index in [1.807, 2.05) is 55.4 Å². The van der Waals surface area contributed by atoms with E-state index in [1.165, 1.54) is 18.9 Å². The van der Waals surface area contributed by atoms with E-state index in [0.717, 1.165) is 17.2 Å². The van der Waals surface area contributed by atoms with Crippen molar-refractivity contribution in [3.63, 3.8) is 0 Å². The van der Waals surface area contributed by atoms with Crippen molar-refractivity contribution in [2.24, 2.45) is 4.99 Å². The van der Waals surface area contributed by atoms with Crippen LogP contribution in [0.5, 0.6) is 11.5 Å². The molecule has 1 unspecified atom stereocenters. The molecule has 5 rings (SSSR count). The molecule has 1 aromatic heterocycles. The number of hydrogen-bond acceptors (Lipinski definition) is 7. The third-order valence-electron chi connectivity index (χ3n) is 6.37. The number of ether oxygens (including phenoxy) is 2. The first-order chi connectivity index (χ1) is 18.4. The summed E-state index contributed by atoms with van der Waals surface area (Å²) in [4.78, 5) is 35.9. The fraction of sp³-hybridized carbons (Fsp3) is 0.321. The Morgan fingerprint density at radius 1 is 1.26 bits per heavy atom. The standard InChI is InChI=1S/C28H31N5O4S/c1-33(2)12-11-29-28(35)37-24-15-30-22-10-9-18(13-21(22)26(24)36-3)16-38-17-25(34)32-27(38)31-23-14-20(23)19-7-5-4-6-8-19/h4-10,13,15-16,20,23H,11-12,14,17H2,1-3H3,(H,29,35)(H,31,32,34)/t20-,23+,38?/m0/s1. The molecule has 2 aliphatic rings. The zero-order chi connectivity index (χ0) is 26.6. The Morgan fingerprint density at radius 3 is 2.84 bits per heavy atom. The van der Waals surface area contributed by atoms with Crippen molar-refractivity contribution in [1.82, 2.24) is 20.5 Å². The Kier molecular flexibility index (Phi) is 7.71. The van der Waals surface area contributed by atoms with Crippen LogP contribution in [-0.4, -0.2) is 78.5 Å². The largest absolute Gasteiger partial charge is 0.492 e. The number of nitrogens with one attached hydrogen (secondary N) is 2. The van der Waals surface area contributed by atoms with Crippen LogP contribution >= 0.6 is 10.5 Å². The first kappa shape index (κ1) is 25.9. The molecule has 3 aromatic rings. The maximum absolute atomic E-state index is 12.3. The number of aliphatic imine (C=N–C) groups is 1. The number of amidine groups is 1. The van der Waals surface area contributed by atoms with E-state index in [0.29, 0.717) is 41.4 Å². The van der Waals surface area contributed by atoms with Gasteiger partial charge in [0.1, 0.15) is 0 Å². The van der Waals surface area contributed by atoms with Gasteiger partial charge in [-0.15, -0.1) is 10.5 Å². The lowest BCUT2D eigenvalue weighted by Crippen LogP contribution is -2.33. The van der Waals surface area contributed by atoms with Gasteiger partial charge < -0.3 is 25.0 Å². The average Bonchev–Trinajstić information content (AvgIpc) is 3.58. The molecule has 2 N–H and O–H groups in total. The number of hydrogen-bond donors (Lipinski definition) is 2. The van der Waals surface area contributed by atoms with Crippen molar-refractivity contribution in [1.29, 1.82) is 0 Å². The summed E-state index contributed by atoms with van der Waals surface area (Å²) in [6.45, 7) is 1.15. The molecule has 1 aliphatic carbocycles. The second kappa shape index (κ2) is 11.3. The zero-order valence-corrected chi connectivity index (χ0v) is 22.5. The quantitative estimate of drug-likeness (QED) is 0.431. The molecular weight excluding hydrogens is 502 g/mol. The Hall–Kier alpha value is -3.76. The molecule has 1 aliphatic heterocycles. The lowest BCUT2D eigenvalue weighted by atomic mass is 10.1. The summed E-state index contributed by atoms with van der Waals surface area (Å²) >= 11 is 0. The average molecular weight is 534 g/mol. The van der Waals surface area contributed by atoms with E-state index in [4.69, 9.17) is 14.5 Å². The molecule has 0 bridgehead atoms. The topological polar surface area (TPSA) is 105 Å². The number of carbonyl (C=O) groups excluding carboxylic acids is 2. The van der Waals surface area contributed by atoms with Gasteiger partial charge in [0.05, 0.1) is 30.6 Å². The van der Waals surface area contributed by atoms with Crippen LogP contribution in [0.1, 0.15) is 23.5 Å². The first-order valence-electron chi connectivity index (χ1n) is 12.5. The Morgan fingerprint density at radius 2 is 2.08 bits per heavy atom. The van der Waals surface area contributed by atoms with Gasteiger partial charge in [-0.25, -0.2) is 4.79 Å². The molecule has 0 radical (unpaired) electrons. The molecule has 2 aromatic carbocycles. The van der Waals surface area contributed by atoms with E-state index in [-0.39, 0.29) is 17.7 Å². The van der Waals surface area contributed by atoms with Gasteiger partial charge in [0, 0.05) is 24.4 Å². The highest BCUT2D eigenvalue weighted by Gasteiger charge is 2.39. The third kappa shape index (κ3) is 6.03. The maximum Gasteiger partial charge on any atom is 0.412 e. The van der Waals surface area contributed by atoms with Gasteiger partial charge >= 0.3 is 6.09 Å². The predicted molar refractivity (Wildman–Crippen MR) is 152 cm³/mol. The molecule has 3 atom stereocenters. The Bertz CT molecular complexity index is 1420. The van der Waals surface area contributed by atoms with Gasteiger partial charge in [0.2, 0.25) is 5.91 Å². The minimum Gasteiger partial charge on any atom is -0.492 e. The summed E-state index contributed by atoms with van der Waals surface area (Å²) in [5, 5.41) is 9.22. The lowest BCUT2D eigenvalue weighted by Gasteiger charge is -2.13. The van der Waals surface area contributed by atoms with Gasteiger partial charge in [-0.05, 0) is 49.1 Å². The number of methoxy groups -OCH3 is 1. The van der Waals surface area contributed by atoms with E-state index in [9.17, 15) is 9.59 Å². The Labute approximate surface area is 224 Å². The number of carbonyl (C=O) groups is 2. The number of amides is 2. The van der Waals surface area contributed by atoms with Crippen molar-refractivity contribution in [3.8, 4) is 11.5 Å². The van der Waals surface area contributed by atoms with Crippen LogP contribution in [0.4, 0.5) is 4.79 Å². The number of likely N-dealkylation sites (N-methyl/N-ethyl adjacent to an activating group) is 1. The molecule has 2 amide bonds. The minimum atomic E-state index is -0.569. The van der Waals surface area contributed by atoms with Crippen molar-refractivity contribution < 1.29 is 19.1 Å². The fourth-order valence-corrected chi connectivity index (χ4v) is 6.04. The van der Waals surface area contributed by atoms with Crippen LogP contribution in [0.3, 0.4) is 0 Å². The van der Waals surface area contributed by atoms with Gasteiger partial charge in [0.25, 0.3) is 0 Å². The fourth-order valence-electron chi connectivity index (χ4n) is 4.37. The highest BCUT2D eigenvalue weighted by molar-refractivity contribution is 8.29. The second-order valence-electron chi connectivity index (χ2n) is 9.55. The molecule has 2 heterocycles. The Balaban J connectivity index is 1.37. The molecule has 0 spiro atoms. The summed E-state index contributed by atoms with van der Waals surface area (Å²) in [5.41, 5.74) is 2.91. The van der Waals surface area contributed by atoms with Gasteiger partial charge in [-0.2, -0.15) is 0 Å². The van der Waals surface area contributed by atoms with E-state index in [1.54, 1.807) is 0 Å². The summed E-state index contributed by atoms with van der Waals surface area (Å²) in [6, 6.07) is 16.4. The number of aromatic nitrogens is 1. The summed E-state index contributed by atoms with van der Waals surface area (Å²) in [7, 11) is 4.92. The number of rotatable bonds is 8. The van der Waals surface area contributed by atoms with Crippen LogP contribution in [0.15, 0.2) is 59.7 Å². The second-order valence-corrected chi connectivity index (χ2v) is 11.3. The smallest absolute Gasteiger partial charge is 0.412 e. The van der Waals surface area contributed by atoms with E-state index < -0.39 is 16.6 Å². The van der Waals surface area contributed by atoms with Gasteiger partial charge in [-0.1, -0.05) is 36.4 Å². The molecular formula is C28H31N5O4S. The zero-order valence-electron chi connectivity index (χ0n) is 21.6. The monoisotopic (exact) mass is 533 g/mol. The van der Waals surface area contributed by atoms with E-state index >= 15 is 0 Å².